The Morgan fingerprint density at radius 1 is 1.04 bits per heavy atom. The Hall–Kier alpha value is -3.39. The lowest BCUT2D eigenvalue weighted by molar-refractivity contribution is -0.139. The Morgan fingerprint density at radius 2 is 1.78 bits per heavy atom. The molecule has 140 valence electrons. The van der Waals surface area contributed by atoms with Crippen LogP contribution in [0.2, 0.25) is 0 Å². The summed E-state index contributed by atoms with van der Waals surface area (Å²) in [7, 11) is 0. The van der Waals surface area contributed by atoms with E-state index >= 15 is 0 Å². The number of aliphatic hydroxyl groups is 1. The minimum Gasteiger partial charge on any atom is -0.472 e. The third kappa shape index (κ3) is 4.24. The highest BCUT2D eigenvalue weighted by Crippen LogP contribution is 2.29. The van der Waals surface area contributed by atoms with Crippen LogP contribution in [0.3, 0.4) is 0 Å². The molecule has 2 aromatic heterocycles. The molecule has 0 aliphatic rings. The van der Waals surface area contributed by atoms with Crippen LogP contribution in [0.4, 0.5) is 4.39 Å². The van der Waals surface area contributed by atoms with Crippen molar-refractivity contribution < 1.29 is 27.9 Å². The maximum absolute atomic E-state index is 12.9. The monoisotopic (exact) mass is 372 g/mol. The molecule has 3 rings (SSSR count). The number of carbonyl (C=O) groups is 2. The fourth-order valence-electron chi connectivity index (χ4n) is 2.50. The summed E-state index contributed by atoms with van der Waals surface area (Å²) in [4.78, 5) is 24.0. The van der Waals surface area contributed by atoms with Crippen molar-refractivity contribution in [2.75, 3.05) is 6.54 Å². The molecule has 0 aliphatic carbocycles. The van der Waals surface area contributed by atoms with Crippen molar-refractivity contribution in [2.24, 2.45) is 0 Å². The first-order valence-electron chi connectivity index (χ1n) is 8.08. The molecular weight excluding hydrogens is 355 g/mol. The van der Waals surface area contributed by atoms with Gasteiger partial charge in [-0.2, -0.15) is 0 Å². The van der Waals surface area contributed by atoms with E-state index in [0.29, 0.717) is 11.1 Å². The van der Waals surface area contributed by atoms with E-state index in [1.165, 1.54) is 49.1 Å². The van der Waals surface area contributed by atoms with Crippen molar-refractivity contribution in [2.45, 2.75) is 12.1 Å². The van der Waals surface area contributed by atoms with Gasteiger partial charge in [0.2, 0.25) is 0 Å². The molecule has 7 nitrogen and oxygen atoms in total. The second-order valence-corrected chi connectivity index (χ2v) is 5.84. The lowest BCUT2D eigenvalue weighted by Crippen LogP contribution is -2.46. The van der Waals surface area contributed by atoms with Gasteiger partial charge in [0, 0.05) is 12.1 Å². The van der Waals surface area contributed by atoms with Crippen LogP contribution in [0.1, 0.15) is 16.9 Å². The third-order valence-electron chi connectivity index (χ3n) is 4.00. The fourth-order valence-corrected chi connectivity index (χ4v) is 2.50. The van der Waals surface area contributed by atoms with Crippen LogP contribution < -0.4 is 10.6 Å². The number of halogens is 1. The quantitative estimate of drug-likeness (QED) is 0.571. The zero-order valence-electron chi connectivity index (χ0n) is 14.1. The number of furan rings is 2. The number of nitrogens with one attached hydrogen (secondary N) is 2. The number of hydrogen-bond acceptors (Lipinski definition) is 5. The summed E-state index contributed by atoms with van der Waals surface area (Å²) in [6, 6.07) is 10.2. The highest BCUT2D eigenvalue weighted by atomic mass is 19.1. The second-order valence-electron chi connectivity index (χ2n) is 5.84. The summed E-state index contributed by atoms with van der Waals surface area (Å²) in [5.74, 6) is -2.01. The van der Waals surface area contributed by atoms with E-state index < -0.39 is 17.4 Å². The van der Waals surface area contributed by atoms with Gasteiger partial charge in [-0.3, -0.25) is 9.59 Å². The lowest BCUT2D eigenvalue weighted by Gasteiger charge is -2.25. The minimum atomic E-state index is -1.69. The largest absolute Gasteiger partial charge is 0.472 e. The topological polar surface area (TPSA) is 105 Å². The van der Waals surface area contributed by atoms with Gasteiger partial charge in [-0.1, -0.05) is 12.1 Å². The van der Waals surface area contributed by atoms with E-state index in [9.17, 15) is 19.1 Å². The highest BCUT2D eigenvalue weighted by Gasteiger charge is 2.36. The Balaban J connectivity index is 1.61. The van der Waals surface area contributed by atoms with Crippen LogP contribution in [0.5, 0.6) is 0 Å². The zero-order valence-corrected chi connectivity index (χ0v) is 14.1. The van der Waals surface area contributed by atoms with E-state index in [2.05, 4.69) is 10.6 Å². The van der Waals surface area contributed by atoms with Crippen molar-refractivity contribution in [3.8, 4) is 0 Å². The average Bonchev–Trinajstić information content (AvgIpc) is 3.39. The lowest BCUT2D eigenvalue weighted by atomic mass is 9.93. The molecule has 2 amide bonds. The predicted octanol–water partition coefficient (Wildman–Crippen LogP) is 1.68. The second kappa shape index (κ2) is 7.88. The van der Waals surface area contributed by atoms with Crippen molar-refractivity contribution in [1.82, 2.24) is 10.6 Å². The SMILES string of the molecule is O=C(NCc1ccc(F)cc1)C(=O)NCC(O)(c1ccoc1)c1ccco1. The molecule has 2 heterocycles. The van der Waals surface area contributed by atoms with Crippen molar-refractivity contribution in [1.29, 1.82) is 0 Å². The average molecular weight is 372 g/mol. The van der Waals surface area contributed by atoms with E-state index in [4.69, 9.17) is 8.83 Å². The summed E-state index contributed by atoms with van der Waals surface area (Å²) >= 11 is 0. The first-order chi connectivity index (χ1) is 13.0. The molecule has 0 spiro atoms. The smallest absolute Gasteiger partial charge is 0.309 e. The number of rotatable bonds is 6. The van der Waals surface area contributed by atoms with E-state index in [0.717, 1.165) is 0 Å². The molecule has 0 saturated heterocycles. The Labute approximate surface area is 153 Å². The first-order valence-corrected chi connectivity index (χ1v) is 8.08. The van der Waals surface area contributed by atoms with Gasteiger partial charge < -0.3 is 24.6 Å². The van der Waals surface area contributed by atoms with Crippen LogP contribution in [0.15, 0.2) is 70.1 Å². The Morgan fingerprint density at radius 3 is 2.41 bits per heavy atom. The van der Waals surface area contributed by atoms with Crippen LogP contribution >= 0.6 is 0 Å². The molecule has 0 saturated carbocycles. The maximum Gasteiger partial charge on any atom is 0.309 e. The standard InChI is InChI=1S/C19H17FN2O5/c20-15-5-3-13(4-6-15)10-21-17(23)18(24)22-12-19(25,14-7-9-26-11-14)16-2-1-8-27-16/h1-9,11,25H,10,12H2,(H,21,23)(H,22,24). The third-order valence-corrected chi connectivity index (χ3v) is 4.00. The molecule has 0 radical (unpaired) electrons. The van der Waals surface area contributed by atoms with E-state index in [-0.39, 0.29) is 24.7 Å². The number of benzene rings is 1. The summed E-state index contributed by atoms with van der Waals surface area (Å²) < 4.78 is 23.1. The fraction of sp³-hybridized carbons (Fsp3) is 0.158. The van der Waals surface area contributed by atoms with Crippen molar-refractivity contribution >= 4 is 11.8 Å². The van der Waals surface area contributed by atoms with Crippen molar-refractivity contribution in [3.63, 3.8) is 0 Å². The van der Waals surface area contributed by atoms with Gasteiger partial charge in [0.05, 0.1) is 25.3 Å². The number of carbonyl (C=O) groups excluding carboxylic acids is 2. The highest BCUT2D eigenvalue weighted by molar-refractivity contribution is 6.35. The molecule has 3 aromatic rings. The summed E-state index contributed by atoms with van der Waals surface area (Å²) in [6.07, 6.45) is 4.08. The molecule has 1 aromatic carbocycles. The van der Waals surface area contributed by atoms with Crippen molar-refractivity contribution in [3.05, 3.63) is 84.0 Å². The molecule has 0 aliphatic heterocycles. The van der Waals surface area contributed by atoms with E-state index in [1.807, 2.05) is 0 Å². The van der Waals surface area contributed by atoms with Crippen LogP contribution in [-0.4, -0.2) is 23.5 Å². The Bertz CT molecular complexity index is 855. The zero-order chi connectivity index (χ0) is 19.3. The van der Waals surface area contributed by atoms with Crippen LogP contribution in [0, 0.1) is 5.82 Å². The van der Waals surface area contributed by atoms with Gasteiger partial charge in [-0.15, -0.1) is 0 Å². The molecule has 27 heavy (non-hydrogen) atoms. The summed E-state index contributed by atoms with van der Waals surface area (Å²) in [5, 5.41) is 15.8. The van der Waals surface area contributed by atoms with Gasteiger partial charge in [0.15, 0.2) is 5.60 Å². The molecule has 0 fully saturated rings. The molecule has 1 unspecified atom stereocenters. The van der Waals surface area contributed by atoms with Crippen LogP contribution in [0.25, 0.3) is 0 Å². The molecule has 3 N–H and O–H groups in total. The first kappa shape index (κ1) is 18.4. The van der Waals surface area contributed by atoms with Gasteiger partial charge in [0.25, 0.3) is 0 Å². The van der Waals surface area contributed by atoms with Gasteiger partial charge in [-0.05, 0) is 35.9 Å². The summed E-state index contributed by atoms with van der Waals surface area (Å²) in [5.41, 5.74) is -0.684. The van der Waals surface area contributed by atoms with Gasteiger partial charge in [0.1, 0.15) is 11.6 Å². The normalized spacial score (nSPS) is 13.0. The molecule has 8 heteroatoms. The predicted molar refractivity (Wildman–Crippen MR) is 91.7 cm³/mol. The minimum absolute atomic E-state index is 0.0662. The Kier molecular flexibility index (Phi) is 5.37. The molecular formula is C19H17FN2O5. The van der Waals surface area contributed by atoms with Gasteiger partial charge >= 0.3 is 11.8 Å². The summed E-state index contributed by atoms with van der Waals surface area (Å²) in [6.45, 7) is -0.237. The van der Waals surface area contributed by atoms with Gasteiger partial charge in [-0.25, -0.2) is 4.39 Å². The molecule has 1 atom stereocenters. The maximum atomic E-state index is 12.9. The van der Waals surface area contributed by atoms with Crippen LogP contribution in [-0.2, 0) is 21.7 Å². The number of amides is 2. The number of hydrogen-bond donors (Lipinski definition) is 3. The van der Waals surface area contributed by atoms with E-state index in [1.54, 1.807) is 12.1 Å². The molecule has 0 bridgehead atoms.